The molecule has 10 heteroatoms. The van der Waals surface area contributed by atoms with Gasteiger partial charge in [-0.3, -0.25) is 10.1 Å². The highest BCUT2D eigenvalue weighted by Crippen LogP contribution is 2.53. The molecular weight excluding hydrogens is 576 g/mol. The summed E-state index contributed by atoms with van der Waals surface area (Å²) in [6, 6.07) is 10.8. The van der Waals surface area contributed by atoms with Crippen LogP contribution in [0.5, 0.6) is 34.5 Å². The molecule has 248 valence electrons. The molecule has 0 aromatic heterocycles. The first kappa shape index (κ1) is 35.6. The second-order valence-electron chi connectivity index (χ2n) is 11.8. The van der Waals surface area contributed by atoms with E-state index in [1.807, 2.05) is 32.0 Å². The number of rotatable bonds is 21. The van der Waals surface area contributed by atoms with Gasteiger partial charge in [-0.15, -0.1) is 0 Å². The molecule has 2 aromatic carbocycles. The lowest BCUT2D eigenvalue weighted by Gasteiger charge is -2.34. The molecule has 2 aromatic rings. The van der Waals surface area contributed by atoms with Crippen molar-refractivity contribution in [3.8, 4) is 40.6 Å². The van der Waals surface area contributed by atoms with E-state index in [2.05, 4.69) is 19.9 Å². The van der Waals surface area contributed by atoms with Crippen LogP contribution in [0.4, 0.5) is 0 Å². The Morgan fingerprint density at radius 1 is 0.933 bits per heavy atom. The quantitative estimate of drug-likeness (QED) is 0.0765. The van der Waals surface area contributed by atoms with Gasteiger partial charge in [0.2, 0.25) is 23.8 Å². The Kier molecular flexibility index (Phi) is 13.9. The minimum absolute atomic E-state index is 0.0980. The Morgan fingerprint density at radius 3 is 2.04 bits per heavy atom. The SMILES string of the molecule is CCCCCOc1cc(C(C#N)(CCCC(CC2Oc3ccccc3O2)[N+](=O)[O-])C(C)C)c(OCCCCC)c(OC)c1OC. The number of methoxy groups -OCH3 is 2. The van der Waals surface area contributed by atoms with Gasteiger partial charge < -0.3 is 28.4 Å². The fraction of sp³-hybridized carbons (Fsp3) is 0.629. The summed E-state index contributed by atoms with van der Waals surface area (Å²) in [5, 5.41) is 23.0. The van der Waals surface area contributed by atoms with Gasteiger partial charge in [-0.2, -0.15) is 5.26 Å². The Labute approximate surface area is 268 Å². The highest BCUT2D eigenvalue weighted by Gasteiger charge is 2.42. The summed E-state index contributed by atoms with van der Waals surface area (Å²) in [6.45, 7) is 9.18. The lowest BCUT2D eigenvalue weighted by molar-refractivity contribution is -0.527. The third kappa shape index (κ3) is 8.86. The molecule has 0 amide bonds. The fourth-order valence-corrected chi connectivity index (χ4v) is 5.80. The molecule has 0 saturated carbocycles. The van der Waals surface area contributed by atoms with Crippen LogP contribution < -0.4 is 28.4 Å². The van der Waals surface area contributed by atoms with Crippen molar-refractivity contribution in [1.29, 1.82) is 5.26 Å². The van der Waals surface area contributed by atoms with Crippen molar-refractivity contribution in [2.75, 3.05) is 27.4 Å². The number of fused-ring (bicyclic) bond motifs is 1. The van der Waals surface area contributed by atoms with Crippen molar-refractivity contribution in [2.24, 2.45) is 5.92 Å². The summed E-state index contributed by atoms with van der Waals surface area (Å²) in [5.74, 6) is 2.76. The van der Waals surface area contributed by atoms with Gasteiger partial charge in [0.15, 0.2) is 23.0 Å². The third-order valence-electron chi connectivity index (χ3n) is 8.47. The Bertz CT molecular complexity index is 1250. The standard InChI is InChI=1S/C35H50N2O8/c1-7-9-13-20-42-30-23-27(32(43-21-14-10-8-2)34(41-6)33(30)40-5)35(24-36,25(3)4)19-15-16-26(37(38)39)22-31-44-28-17-11-12-18-29(28)45-31/h11-12,17-18,23,25-26,31H,7-10,13-16,19-22H2,1-6H3. The van der Waals surface area contributed by atoms with Crippen LogP contribution in [-0.2, 0) is 5.41 Å². The molecule has 1 aliphatic heterocycles. The molecule has 0 spiro atoms. The topological polar surface area (TPSA) is 122 Å². The Morgan fingerprint density at radius 2 is 1.53 bits per heavy atom. The summed E-state index contributed by atoms with van der Waals surface area (Å²) >= 11 is 0. The lowest BCUT2D eigenvalue weighted by atomic mass is 9.69. The van der Waals surface area contributed by atoms with E-state index in [9.17, 15) is 15.4 Å². The first-order valence-electron chi connectivity index (χ1n) is 16.3. The molecular formula is C35H50N2O8. The Hall–Kier alpha value is -3.87. The molecule has 0 radical (unpaired) electrons. The van der Waals surface area contributed by atoms with Crippen LogP contribution in [0, 0.1) is 27.4 Å². The van der Waals surface area contributed by atoms with E-state index in [-0.39, 0.29) is 23.7 Å². The summed E-state index contributed by atoms with van der Waals surface area (Å²) in [4.78, 5) is 11.8. The molecule has 3 rings (SSSR count). The minimum Gasteiger partial charge on any atom is -0.490 e. The van der Waals surface area contributed by atoms with Crippen LogP contribution in [0.1, 0.15) is 97.5 Å². The number of nitriles is 1. The fourth-order valence-electron chi connectivity index (χ4n) is 5.80. The van der Waals surface area contributed by atoms with E-state index in [1.54, 1.807) is 26.4 Å². The lowest BCUT2D eigenvalue weighted by Crippen LogP contribution is -2.33. The van der Waals surface area contributed by atoms with Crippen LogP contribution in [0.25, 0.3) is 0 Å². The largest absolute Gasteiger partial charge is 0.490 e. The zero-order chi connectivity index (χ0) is 32.8. The van der Waals surface area contributed by atoms with Crippen LogP contribution in [0.3, 0.4) is 0 Å². The molecule has 0 bridgehead atoms. The first-order chi connectivity index (χ1) is 21.8. The number of benzene rings is 2. The number of hydrogen-bond acceptors (Lipinski definition) is 9. The molecule has 10 nitrogen and oxygen atoms in total. The molecule has 45 heavy (non-hydrogen) atoms. The van der Waals surface area contributed by atoms with E-state index in [1.165, 1.54) is 0 Å². The maximum atomic E-state index is 12.1. The van der Waals surface area contributed by atoms with Gasteiger partial charge in [-0.1, -0.05) is 65.5 Å². The van der Waals surface area contributed by atoms with Crippen molar-refractivity contribution in [3.05, 3.63) is 46.0 Å². The number of unbranched alkanes of at least 4 members (excludes halogenated alkanes) is 4. The molecule has 0 fully saturated rings. The van der Waals surface area contributed by atoms with Gasteiger partial charge in [-0.05, 0) is 49.8 Å². The predicted molar refractivity (Wildman–Crippen MR) is 172 cm³/mol. The molecule has 0 N–H and O–H groups in total. The Balaban J connectivity index is 1.93. The zero-order valence-electron chi connectivity index (χ0n) is 27.8. The van der Waals surface area contributed by atoms with Crippen LogP contribution in [-0.4, -0.2) is 44.7 Å². The number of hydrogen-bond donors (Lipinski definition) is 0. The monoisotopic (exact) mass is 626 g/mol. The molecule has 1 aliphatic rings. The second kappa shape index (κ2) is 17.6. The second-order valence-corrected chi connectivity index (χ2v) is 11.8. The summed E-state index contributed by atoms with van der Waals surface area (Å²) < 4.78 is 35.9. The normalized spacial score (nSPS) is 14.4. The molecule has 2 atom stereocenters. The van der Waals surface area contributed by atoms with Gasteiger partial charge in [0, 0.05) is 16.9 Å². The summed E-state index contributed by atoms with van der Waals surface area (Å²) in [6.07, 6.45) is 6.26. The van der Waals surface area contributed by atoms with Gasteiger partial charge in [0.05, 0.1) is 45.3 Å². The van der Waals surface area contributed by atoms with Crippen LogP contribution in [0.2, 0.25) is 0 Å². The van der Waals surface area contributed by atoms with E-state index < -0.39 is 17.7 Å². The number of nitrogens with zero attached hydrogens (tertiary/aromatic N) is 2. The van der Waals surface area contributed by atoms with E-state index in [0.29, 0.717) is 66.1 Å². The van der Waals surface area contributed by atoms with Gasteiger partial charge in [-0.25, -0.2) is 0 Å². The number of ether oxygens (including phenoxy) is 6. The minimum atomic E-state index is -1.04. The average molecular weight is 627 g/mol. The number of para-hydroxylation sites is 2. The third-order valence-corrected chi connectivity index (χ3v) is 8.47. The van der Waals surface area contributed by atoms with E-state index >= 15 is 0 Å². The smallest absolute Gasteiger partial charge is 0.248 e. The van der Waals surface area contributed by atoms with Crippen molar-refractivity contribution < 1.29 is 33.3 Å². The molecule has 2 unspecified atom stereocenters. The van der Waals surface area contributed by atoms with Gasteiger partial charge in [0.25, 0.3) is 0 Å². The summed E-state index contributed by atoms with van der Waals surface area (Å²) in [7, 11) is 3.11. The van der Waals surface area contributed by atoms with Gasteiger partial charge >= 0.3 is 0 Å². The van der Waals surface area contributed by atoms with E-state index in [4.69, 9.17) is 28.4 Å². The van der Waals surface area contributed by atoms with Crippen LogP contribution in [0.15, 0.2) is 30.3 Å². The van der Waals surface area contributed by atoms with Crippen molar-refractivity contribution >= 4 is 0 Å². The first-order valence-corrected chi connectivity index (χ1v) is 16.3. The predicted octanol–water partition coefficient (Wildman–Crippen LogP) is 8.26. The van der Waals surface area contributed by atoms with Crippen molar-refractivity contribution in [3.63, 3.8) is 0 Å². The van der Waals surface area contributed by atoms with E-state index in [0.717, 1.165) is 38.5 Å². The maximum Gasteiger partial charge on any atom is 0.248 e. The molecule has 1 heterocycles. The van der Waals surface area contributed by atoms with Gasteiger partial charge in [0.1, 0.15) is 0 Å². The average Bonchev–Trinajstić information content (AvgIpc) is 3.45. The maximum absolute atomic E-state index is 12.1. The highest BCUT2D eigenvalue weighted by atomic mass is 16.7. The van der Waals surface area contributed by atoms with Crippen molar-refractivity contribution in [1.82, 2.24) is 0 Å². The zero-order valence-corrected chi connectivity index (χ0v) is 27.8. The van der Waals surface area contributed by atoms with Crippen molar-refractivity contribution in [2.45, 2.75) is 110 Å². The van der Waals surface area contributed by atoms with Crippen LogP contribution >= 0.6 is 0 Å². The summed E-state index contributed by atoms with van der Waals surface area (Å²) in [5.41, 5.74) is -0.394. The molecule has 0 saturated heterocycles. The number of nitro groups is 1. The highest BCUT2D eigenvalue weighted by molar-refractivity contribution is 5.65. The molecule has 0 aliphatic carbocycles.